The fourth-order valence-corrected chi connectivity index (χ4v) is 3.91. The number of hydrogen-bond acceptors (Lipinski definition) is 5. The Hall–Kier alpha value is -3.42. The van der Waals surface area contributed by atoms with Gasteiger partial charge in [-0.05, 0) is 61.9 Å². The van der Waals surface area contributed by atoms with E-state index in [0.717, 1.165) is 46.3 Å². The van der Waals surface area contributed by atoms with Crippen LogP contribution in [0.3, 0.4) is 0 Å². The Morgan fingerprint density at radius 2 is 1.91 bits per heavy atom. The first kappa shape index (κ1) is 21.8. The average molecular weight is 436 g/mol. The molecule has 2 amide bonds. The van der Waals surface area contributed by atoms with Crippen molar-refractivity contribution in [1.82, 2.24) is 25.4 Å². The monoisotopic (exact) mass is 435 g/mol. The standard InChI is InChI=1S/C24H29N5O3/c1-14-19(15(2)26-22-21(14)24(32-4)28-29(22)3)11-12-20(30)25-13-16-5-7-17(8-6-16)23(31)27-18-9-10-18/h5-8,18H,9-13H2,1-4H3,(H,25,30)(H,27,31). The number of carbonyl (C=O) groups excluding carboxylic acids is 2. The van der Waals surface area contributed by atoms with E-state index < -0.39 is 0 Å². The molecule has 0 saturated heterocycles. The second kappa shape index (κ2) is 8.98. The van der Waals surface area contributed by atoms with Gasteiger partial charge in [0.2, 0.25) is 11.8 Å². The molecule has 2 aromatic heterocycles. The highest BCUT2D eigenvalue weighted by molar-refractivity contribution is 5.94. The minimum atomic E-state index is -0.0374. The van der Waals surface area contributed by atoms with Gasteiger partial charge in [0.25, 0.3) is 5.91 Å². The molecule has 4 rings (SSSR count). The molecule has 1 aliphatic rings. The molecular weight excluding hydrogens is 406 g/mol. The number of amides is 2. The van der Waals surface area contributed by atoms with Gasteiger partial charge in [-0.25, -0.2) is 9.67 Å². The van der Waals surface area contributed by atoms with E-state index in [2.05, 4.69) is 20.7 Å². The van der Waals surface area contributed by atoms with Crippen molar-refractivity contribution < 1.29 is 14.3 Å². The summed E-state index contributed by atoms with van der Waals surface area (Å²) in [7, 11) is 3.44. The van der Waals surface area contributed by atoms with E-state index in [1.807, 2.05) is 33.0 Å². The van der Waals surface area contributed by atoms with E-state index in [-0.39, 0.29) is 11.8 Å². The summed E-state index contributed by atoms with van der Waals surface area (Å²) >= 11 is 0. The Kier molecular flexibility index (Phi) is 6.12. The Labute approximate surface area is 187 Å². The lowest BCUT2D eigenvalue weighted by atomic mass is 10.00. The third kappa shape index (κ3) is 4.59. The SMILES string of the molecule is COc1nn(C)c2nc(C)c(CCC(=O)NCc3ccc(C(=O)NC4CC4)cc3)c(C)c12. The summed E-state index contributed by atoms with van der Waals surface area (Å²) in [5.74, 6) is 0.481. The van der Waals surface area contributed by atoms with Crippen molar-refractivity contribution in [2.75, 3.05) is 7.11 Å². The molecule has 2 heterocycles. The minimum absolute atomic E-state index is 0.0300. The number of hydrogen-bond donors (Lipinski definition) is 2. The number of rotatable bonds is 8. The molecule has 0 bridgehead atoms. The maximum Gasteiger partial charge on any atom is 0.251 e. The second-order valence-electron chi connectivity index (χ2n) is 8.35. The van der Waals surface area contributed by atoms with Crippen molar-refractivity contribution in [3.8, 4) is 5.88 Å². The predicted octanol–water partition coefficient (Wildman–Crippen LogP) is 2.73. The molecular formula is C24H29N5O3. The number of carbonyl (C=O) groups is 2. The number of ether oxygens (including phenoxy) is 1. The number of nitrogens with one attached hydrogen (secondary N) is 2. The van der Waals surface area contributed by atoms with Gasteiger partial charge in [0.15, 0.2) is 5.65 Å². The lowest BCUT2D eigenvalue weighted by molar-refractivity contribution is -0.121. The number of nitrogens with zero attached hydrogens (tertiary/aromatic N) is 3. The van der Waals surface area contributed by atoms with Crippen molar-refractivity contribution in [1.29, 1.82) is 0 Å². The van der Waals surface area contributed by atoms with E-state index >= 15 is 0 Å². The van der Waals surface area contributed by atoms with Gasteiger partial charge in [0.1, 0.15) is 0 Å². The molecule has 1 aliphatic carbocycles. The molecule has 0 aliphatic heterocycles. The van der Waals surface area contributed by atoms with Crippen LogP contribution in [0.15, 0.2) is 24.3 Å². The first-order valence-corrected chi connectivity index (χ1v) is 10.9. The quantitative estimate of drug-likeness (QED) is 0.567. The third-order valence-corrected chi connectivity index (χ3v) is 5.94. The van der Waals surface area contributed by atoms with Crippen molar-refractivity contribution in [2.45, 2.75) is 52.1 Å². The van der Waals surface area contributed by atoms with E-state index in [4.69, 9.17) is 4.74 Å². The first-order valence-electron chi connectivity index (χ1n) is 10.9. The van der Waals surface area contributed by atoms with Gasteiger partial charge in [0.05, 0.1) is 12.5 Å². The summed E-state index contributed by atoms with van der Waals surface area (Å²) in [6, 6.07) is 7.69. The van der Waals surface area contributed by atoms with Crippen molar-refractivity contribution in [3.05, 3.63) is 52.2 Å². The molecule has 8 heteroatoms. The number of fused-ring (bicyclic) bond motifs is 1. The van der Waals surface area contributed by atoms with E-state index in [0.29, 0.717) is 36.9 Å². The van der Waals surface area contributed by atoms with Crippen molar-refractivity contribution >= 4 is 22.8 Å². The van der Waals surface area contributed by atoms with Crippen LogP contribution < -0.4 is 15.4 Å². The summed E-state index contributed by atoms with van der Waals surface area (Å²) < 4.78 is 7.12. The van der Waals surface area contributed by atoms with Crippen molar-refractivity contribution in [2.24, 2.45) is 7.05 Å². The number of methoxy groups -OCH3 is 1. The summed E-state index contributed by atoms with van der Waals surface area (Å²) in [5, 5.41) is 11.2. The summed E-state index contributed by atoms with van der Waals surface area (Å²) in [6.45, 7) is 4.41. The van der Waals surface area contributed by atoms with Gasteiger partial charge in [0, 0.05) is 37.3 Å². The zero-order valence-electron chi connectivity index (χ0n) is 19.0. The normalized spacial score (nSPS) is 13.2. The van der Waals surface area contributed by atoms with Crippen LogP contribution in [0.4, 0.5) is 0 Å². The topological polar surface area (TPSA) is 98.1 Å². The highest BCUT2D eigenvalue weighted by Gasteiger charge is 2.23. The van der Waals surface area contributed by atoms with E-state index in [1.165, 1.54) is 0 Å². The second-order valence-corrected chi connectivity index (χ2v) is 8.35. The Morgan fingerprint density at radius 1 is 1.19 bits per heavy atom. The van der Waals surface area contributed by atoms with Gasteiger partial charge in [-0.15, -0.1) is 5.10 Å². The summed E-state index contributed by atoms with van der Waals surface area (Å²) in [5.41, 5.74) is 5.37. The highest BCUT2D eigenvalue weighted by Crippen LogP contribution is 2.30. The lowest BCUT2D eigenvalue weighted by Gasteiger charge is -2.11. The number of aryl methyl sites for hydroxylation is 3. The van der Waals surface area contributed by atoms with Crippen molar-refractivity contribution in [3.63, 3.8) is 0 Å². The molecule has 0 spiro atoms. The van der Waals surface area contributed by atoms with Gasteiger partial charge in [-0.3, -0.25) is 9.59 Å². The first-order chi connectivity index (χ1) is 15.4. The smallest absolute Gasteiger partial charge is 0.251 e. The fraction of sp³-hybridized carbons (Fsp3) is 0.417. The average Bonchev–Trinajstić information content (AvgIpc) is 3.54. The molecule has 3 aromatic rings. The maximum absolute atomic E-state index is 12.5. The Morgan fingerprint density at radius 3 is 2.56 bits per heavy atom. The van der Waals surface area contributed by atoms with E-state index in [9.17, 15) is 9.59 Å². The molecule has 1 fully saturated rings. The molecule has 168 valence electrons. The lowest BCUT2D eigenvalue weighted by Crippen LogP contribution is -2.25. The largest absolute Gasteiger partial charge is 0.479 e. The Bertz CT molecular complexity index is 1160. The molecule has 2 N–H and O–H groups in total. The summed E-state index contributed by atoms with van der Waals surface area (Å²) in [6.07, 6.45) is 3.08. The van der Waals surface area contributed by atoms with Gasteiger partial charge in [-0.2, -0.15) is 0 Å². The molecule has 1 aromatic carbocycles. The third-order valence-electron chi connectivity index (χ3n) is 5.94. The zero-order valence-corrected chi connectivity index (χ0v) is 19.0. The van der Waals surface area contributed by atoms with Crippen LogP contribution in [0.2, 0.25) is 0 Å². The minimum Gasteiger partial charge on any atom is -0.479 e. The number of pyridine rings is 1. The van der Waals surface area contributed by atoms with Gasteiger partial charge < -0.3 is 15.4 Å². The van der Waals surface area contributed by atoms with Crippen LogP contribution >= 0.6 is 0 Å². The molecule has 32 heavy (non-hydrogen) atoms. The van der Waals surface area contributed by atoms with Crippen LogP contribution in [0, 0.1) is 13.8 Å². The molecule has 0 atom stereocenters. The molecule has 0 radical (unpaired) electrons. The summed E-state index contributed by atoms with van der Waals surface area (Å²) in [4.78, 5) is 29.2. The predicted molar refractivity (Wildman–Crippen MR) is 122 cm³/mol. The van der Waals surface area contributed by atoms with Crippen LogP contribution in [-0.4, -0.2) is 39.7 Å². The van der Waals surface area contributed by atoms with E-state index in [1.54, 1.807) is 23.9 Å². The molecule has 8 nitrogen and oxygen atoms in total. The van der Waals surface area contributed by atoms with Gasteiger partial charge in [-0.1, -0.05) is 12.1 Å². The number of aromatic nitrogens is 3. The van der Waals surface area contributed by atoms with Crippen LogP contribution in [0.5, 0.6) is 5.88 Å². The van der Waals surface area contributed by atoms with Crippen LogP contribution in [0.25, 0.3) is 11.0 Å². The maximum atomic E-state index is 12.5. The van der Waals surface area contributed by atoms with Crippen LogP contribution in [-0.2, 0) is 24.8 Å². The number of benzene rings is 1. The zero-order chi connectivity index (χ0) is 22.8. The Balaban J connectivity index is 1.35. The van der Waals surface area contributed by atoms with Crippen LogP contribution in [0.1, 0.15) is 52.0 Å². The highest BCUT2D eigenvalue weighted by atomic mass is 16.5. The molecule has 0 unspecified atom stereocenters. The van der Waals surface area contributed by atoms with Gasteiger partial charge >= 0.3 is 0 Å². The molecule has 1 saturated carbocycles. The fourth-order valence-electron chi connectivity index (χ4n) is 3.91.